The van der Waals surface area contributed by atoms with Gasteiger partial charge in [-0.25, -0.2) is 0 Å². The first-order valence-electron chi connectivity index (χ1n) is 6.42. The largest absolute Gasteiger partial charge is 0.465 e. The molecule has 0 fully saturated rings. The molecule has 0 radical (unpaired) electrons. The van der Waals surface area contributed by atoms with E-state index in [-0.39, 0.29) is 19.0 Å². The molecule has 2 rings (SSSR count). The van der Waals surface area contributed by atoms with Gasteiger partial charge in [-0.1, -0.05) is 29.3 Å². The van der Waals surface area contributed by atoms with Crippen molar-refractivity contribution in [2.24, 2.45) is 0 Å². The fourth-order valence-corrected chi connectivity index (χ4v) is 2.39. The average molecular weight is 345 g/mol. The number of aryl methyl sites for hydroxylation is 1. The van der Waals surface area contributed by atoms with Crippen molar-refractivity contribution < 1.29 is 19.2 Å². The average Bonchev–Trinajstić information content (AvgIpc) is 2.88. The second-order valence-corrected chi connectivity index (χ2v) is 5.33. The third kappa shape index (κ3) is 4.37. The lowest BCUT2D eigenvalue weighted by Crippen LogP contribution is -2.32. The molecule has 0 aliphatic heterocycles. The van der Waals surface area contributed by atoms with Crippen molar-refractivity contribution in [3.63, 3.8) is 0 Å². The Labute approximate surface area is 137 Å². The predicted molar refractivity (Wildman–Crippen MR) is 81.2 cm³/mol. The van der Waals surface area contributed by atoms with Crippen molar-refractivity contribution in [1.82, 2.24) is 10.5 Å². The quantitative estimate of drug-likeness (QED) is 0.840. The van der Waals surface area contributed by atoms with Gasteiger partial charge in [0.1, 0.15) is 5.76 Å². The number of aliphatic hydroxyl groups is 1. The molecule has 1 aromatic heterocycles. The van der Waals surface area contributed by atoms with Crippen LogP contribution in [0.4, 0.5) is 0 Å². The monoisotopic (exact) mass is 344 g/mol. The van der Waals surface area contributed by atoms with Crippen molar-refractivity contribution >= 4 is 29.1 Å². The van der Waals surface area contributed by atoms with E-state index in [1.807, 2.05) is 0 Å². The summed E-state index contributed by atoms with van der Waals surface area (Å²) in [7, 11) is 0. The van der Waals surface area contributed by atoms with E-state index in [1.165, 1.54) is 0 Å². The maximum absolute atomic E-state index is 11.7. The van der Waals surface area contributed by atoms with E-state index < -0.39 is 12.0 Å². The van der Waals surface area contributed by atoms with Gasteiger partial charge in [0, 0.05) is 28.2 Å². The van der Waals surface area contributed by atoms with Crippen molar-refractivity contribution in [2.75, 3.05) is 13.2 Å². The predicted octanol–water partition coefficient (Wildman–Crippen LogP) is 2.52. The highest BCUT2D eigenvalue weighted by molar-refractivity contribution is 6.36. The Balaban J connectivity index is 1.83. The number of nitrogens with zero attached hydrogens (tertiary/aromatic N) is 1. The van der Waals surface area contributed by atoms with Gasteiger partial charge in [0.25, 0.3) is 11.8 Å². The fourth-order valence-electron chi connectivity index (χ4n) is 1.74. The standard InChI is InChI=1S/C14H14Cl2N2O4/c1-8-5-13(18-22-8)21-7-12(20)17-6-11(19)14-9(15)3-2-4-10(14)16/h2-5,11,19H,6-7H2,1H3,(H,17,20)/t11-/m1/s1. The first-order chi connectivity index (χ1) is 10.5. The normalized spacial score (nSPS) is 12.0. The van der Waals surface area contributed by atoms with Gasteiger partial charge >= 0.3 is 0 Å². The van der Waals surface area contributed by atoms with Crippen molar-refractivity contribution in [3.8, 4) is 5.88 Å². The summed E-state index contributed by atoms with van der Waals surface area (Å²) in [6, 6.07) is 6.46. The fraction of sp³-hybridized carbons (Fsp3) is 0.286. The molecule has 1 amide bonds. The summed E-state index contributed by atoms with van der Waals surface area (Å²) in [6.45, 7) is 1.43. The minimum Gasteiger partial charge on any atom is -0.465 e. The minimum atomic E-state index is -1.01. The number of carbonyl (C=O) groups is 1. The molecule has 22 heavy (non-hydrogen) atoms. The van der Waals surface area contributed by atoms with Crippen LogP contribution in [0.1, 0.15) is 17.4 Å². The van der Waals surface area contributed by atoms with E-state index in [0.29, 0.717) is 21.4 Å². The molecule has 118 valence electrons. The first-order valence-corrected chi connectivity index (χ1v) is 7.17. The highest BCUT2D eigenvalue weighted by atomic mass is 35.5. The Morgan fingerprint density at radius 1 is 1.45 bits per heavy atom. The minimum absolute atomic E-state index is 0.0382. The van der Waals surface area contributed by atoms with E-state index in [9.17, 15) is 9.90 Å². The van der Waals surface area contributed by atoms with Crippen LogP contribution < -0.4 is 10.1 Å². The van der Waals surface area contributed by atoms with E-state index in [1.54, 1.807) is 31.2 Å². The van der Waals surface area contributed by atoms with Crippen LogP contribution in [0.5, 0.6) is 5.88 Å². The molecule has 1 aromatic carbocycles. The van der Waals surface area contributed by atoms with Gasteiger partial charge in [0.2, 0.25) is 0 Å². The number of halogens is 2. The number of aromatic nitrogens is 1. The highest BCUT2D eigenvalue weighted by Gasteiger charge is 2.16. The number of hydrogen-bond donors (Lipinski definition) is 2. The number of hydrogen-bond acceptors (Lipinski definition) is 5. The molecule has 1 heterocycles. The third-order valence-electron chi connectivity index (χ3n) is 2.78. The molecule has 0 spiro atoms. The van der Waals surface area contributed by atoms with Crippen LogP contribution in [-0.4, -0.2) is 29.3 Å². The lowest BCUT2D eigenvalue weighted by Gasteiger charge is -2.15. The molecule has 0 unspecified atom stereocenters. The van der Waals surface area contributed by atoms with Gasteiger partial charge in [0.15, 0.2) is 6.61 Å². The highest BCUT2D eigenvalue weighted by Crippen LogP contribution is 2.29. The summed E-state index contributed by atoms with van der Waals surface area (Å²) in [4.78, 5) is 11.7. The zero-order valence-corrected chi connectivity index (χ0v) is 13.2. The van der Waals surface area contributed by atoms with Crippen molar-refractivity contribution in [2.45, 2.75) is 13.0 Å². The van der Waals surface area contributed by atoms with Gasteiger partial charge in [0.05, 0.1) is 6.10 Å². The Hall–Kier alpha value is -1.76. The van der Waals surface area contributed by atoms with Gasteiger partial charge in [-0.05, 0) is 24.2 Å². The molecule has 0 aliphatic rings. The van der Waals surface area contributed by atoms with E-state index >= 15 is 0 Å². The van der Waals surface area contributed by atoms with Crippen molar-refractivity contribution in [1.29, 1.82) is 0 Å². The number of benzene rings is 1. The van der Waals surface area contributed by atoms with Crippen LogP contribution in [0, 0.1) is 6.92 Å². The van der Waals surface area contributed by atoms with E-state index in [4.69, 9.17) is 32.5 Å². The molecule has 0 bridgehead atoms. The zero-order valence-electron chi connectivity index (χ0n) is 11.7. The number of rotatable bonds is 6. The molecule has 6 nitrogen and oxygen atoms in total. The summed E-state index contributed by atoms with van der Waals surface area (Å²) in [5, 5.41) is 16.9. The summed E-state index contributed by atoms with van der Waals surface area (Å²) >= 11 is 12.0. The van der Waals surface area contributed by atoms with Gasteiger partial charge in [-0.15, -0.1) is 0 Å². The van der Waals surface area contributed by atoms with Crippen LogP contribution in [0.25, 0.3) is 0 Å². The lowest BCUT2D eigenvalue weighted by atomic mass is 10.1. The molecular weight excluding hydrogens is 331 g/mol. The van der Waals surface area contributed by atoms with Crippen LogP contribution in [-0.2, 0) is 4.79 Å². The number of carbonyl (C=O) groups excluding carboxylic acids is 1. The second-order valence-electron chi connectivity index (χ2n) is 4.52. The number of amides is 1. The van der Waals surface area contributed by atoms with Crippen molar-refractivity contribution in [3.05, 3.63) is 45.6 Å². The SMILES string of the molecule is Cc1cc(OCC(=O)NC[C@@H](O)c2c(Cl)cccc2Cl)no1. The van der Waals surface area contributed by atoms with Gasteiger partial charge in [-0.3, -0.25) is 4.79 Å². The molecule has 0 aliphatic carbocycles. The Morgan fingerprint density at radius 2 is 2.14 bits per heavy atom. The Kier molecular flexibility index (Phi) is 5.65. The summed E-state index contributed by atoms with van der Waals surface area (Å²) in [5.41, 5.74) is 0.374. The molecule has 8 heteroatoms. The molecule has 2 aromatic rings. The van der Waals surface area contributed by atoms with Crippen LogP contribution in [0.15, 0.2) is 28.8 Å². The summed E-state index contributed by atoms with van der Waals surface area (Å²) < 4.78 is 9.93. The maximum Gasteiger partial charge on any atom is 0.258 e. The van der Waals surface area contributed by atoms with Crippen LogP contribution in [0.2, 0.25) is 10.0 Å². The molecule has 1 atom stereocenters. The first kappa shape index (κ1) is 16.6. The maximum atomic E-state index is 11.7. The summed E-state index contributed by atoms with van der Waals surface area (Å²) in [5.74, 6) is 0.393. The van der Waals surface area contributed by atoms with Crippen LogP contribution >= 0.6 is 23.2 Å². The Bertz CT molecular complexity index is 640. The smallest absolute Gasteiger partial charge is 0.258 e. The molecule has 0 saturated heterocycles. The van der Waals surface area contributed by atoms with Crippen LogP contribution in [0.3, 0.4) is 0 Å². The molecular formula is C14H14Cl2N2O4. The van der Waals surface area contributed by atoms with Gasteiger partial charge in [-0.2, -0.15) is 0 Å². The third-order valence-corrected chi connectivity index (χ3v) is 3.44. The van der Waals surface area contributed by atoms with E-state index in [0.717, 1.165) is 0 Å². The molecule has 0 saturated carbocycles. The zero-order chi connectivity index (χ0) is 16.1. The number of ether oxygens (including phenoxy) is 1. The second kappa shape index (κ2) is 7.49. The lowest BCUT2D eigenvalue weighted by molar-refractivity contribution is -0.123. The number of nitrogens with one attached hydrogen (secondary N) is 1. The molecule has 2 N–H and O–H groups in total. The Morgan fingerprint density at radius 3 is 2.73 bits per heavy atom. The van der Waals surface area contributed by atoms with Gasteiger partial charge < -0.3 is 19.7 Å². The topological polar surface area (TPSA) is 84.6 Å². The number of aliphatic hydroxyl groups excluding tert-OH is 1. The van der Waals surface area contributed by atoms with E-state index in [2.05, 4.69) is 10.5 Å². The summed E-state index contributed by atoms with van der Waals surface area (Å²) in [6.07, 6.45) is -1.01.